The van der Waals surface area contributed by atoms with Crippen molar-refractivity contribution >= 4 is 34.2 Å². The fraction of sp³-hybridized carbons (Fsp3) is 0.533. The molecule has 1 aliphatic heterocycles. The van der Waals surface area contributed by atoms with Crippen LogP contribution in [0.5, 0.6) is 5.75 Å². The summed E-state index contributed by atoms with van der Waals surface area (Å²) in [6.07, 6.45) is -0.485. The predicted octanol–water partition coefficient (Wildman–Crippen LogP) is 2.85. The number of halogens is 2. The van der Waals surface area contributed by atoms with Crippen molar-refractivity contribution in [2.45, 2.75) is 39.0 Å². The Labute approximate surface area is 140 Å². The monoisotopic (exact) mass is 376 g/mol. The smallest absolute Gasteiger partial charge is 0.263 e. The van der Waals surface area contributed by atoms with Crippen LogP contribution in [0.4, 0.5) is 0 Å². The molecule has 1 heterocycles. The van der Waals surface area contributed by atoms with Gasteiger partial charge in [-0.3, -0.25) is 4.79 Å². The van der Waals surface area contributed by atoms with E-state index in [9.17, 15) is 4.79 Å². The highest BCUT2D eigenvalue weighted by atomic mass is 79.9. The second-order valence-electron chi connectivity index (χ2n) is 5.21. The van der Waals surface area contributed by atoms with Gasteiger partial charge in [0, 0.05) is 25.2 Å². The number of rotatable bonds is 3. The molecule has 2 rings (SSSR count). The standard InChI is InChI=1S/C15H21BrN2O2.ClH/c1-10-11(2)18(9-8-17-10)15(19)12(3)20-14-7-5-4-6-13(14)16;/h4-7,10-12,17H,8-9H2,1-3H3;1H. The van der Waals surface area contributed by atoms with Crippen molar-refractivity contribution in [3.8, 4) is 5.75 Å². The van der Waals surface area contributed by atoms with Crippen LogP contribution in [0.2, 0.25) is 0 Å². The quantitative estimate of drug-likeness (QED) is 0.880. The van der Waals surface area contributed by atoms with E-state index in [0.29, 0.717) is 11.8 Å². The van der Waals surface area contributed by atoms with E-state index in [4.69, 9.17) is 4.74 Å². The van der Waals surface area contributed by atoms with Gasteiger partial charge in [-0.05, 0) is 48.8 Å². The molecular weight excluding hydrogens is 356 g/mol. The van der Waals surface area contributed by atoms with Crippen molar-refractivity contribution in [3.63, 3.8) is 0 Å². The van der Waals surface area contributed by atoms with Gasteiger partial charge in [-0.2, -0.15) is 0 Å². The minimum atomic E-state index is -0.485. The first-order valence-electron chi connectivity index (χ1n) is 6.95. The molecular formula is C15H22BrClN2O2. The Morgan fingerprint density at radius 2 is 2.10 bits per heavy atom. The number of hydrogen-bond acceptors (Lipinski definition) is 3. The Balaban J connectivity index is 0.00000220. The zero-order valence-corrected chi connectivity index (χ0v) is 14.9. The van der Waals surface area contributed by atoms with Gasteiger partial charge in [-0.15, -0.1) is 12.4 Å². The highest BCUT2D eigenvalue weighted by molar-refractivity contribution is 9.10. The molecule has 0 aliphatic carbocycles. The zero-order chi connectivity index (χ0) is 14.7. The van der Waals surface area contributed by atoms with E-state index in [2.05, 4.69) is 35.1 Å². The lowest BCUT2D eigenvalue weighted by Crippen LogP contribution is -2.59. The van der Waals surface area contributed by atoms with Crippen molar-refractivity contribution in [1.82, 2.24) is 10.2 Å². The van der Waals surface area contributed by atoms with Crippen LogP contribution >= 0.6 is 28.3 Å². The average Bonchev–Trinajstić information content (AvgIpc) is 2.43. The lowest BCUT2D eigenvalue weighted by Gasteiger charge is -2.39. The normalized spacial score (nSPS) is 23.1. The van der Waals surface area contributed by atoms with Crippen LogP contribution in [0, 0.1) is 0 Å². The molecule has 1 aromatic carbocycles. The molecule has 3 unspecified atom stereocenters. The van der Waals surface area contributed by atoms with E-state index in [1.165, 1.54) is 0 Å². The van der Waals surface area contributed by atoms with E-state index in [1.54, 1.807) is 6.92 Å². The molecule has 1 fully saturated rings. The predicted molar refractivity (Wildman–Crippen MR) is 90.1 cm³/mol. The Bertz CT molecular complexity index is 486. The number of amides is 1. The summed E-state index contributed by atoms with van der Waals surface area (Å²) < 4.78 is 6.65. The maximum absolute atomic E-state index is 12.5. The second-order valence-corrected chi connectivity index (χ2v) is 6.06. The zero-order valence-electron chi connectivity index (χ0n) is 12.5. The molecule has 1 aliphatic rings. The highest BCUT2D eigenvalue weighted by Crippen LogP contribution is 2.25. The van der Waals surface area contributed by atoms with E-state index in [-0.39, 0.29) is 24.4 Å². The molecule has 1 aromatic rings. The van der Waals surface area contributed by atoms with Gasteiger partial charge < -0.3 is 15.0 Å². The maximum Gasteiger partial charge on any atom is 0.263 e. The number of para-hydroxylation sites is 1. The lowest BCUT2D eigenvalue weighted by atomic mass is 10.1. The number of nitrogens with zero attached hydrogens (tertiary/aromatic N) is 1. The summed E-state index contributed by atoms with van der Waals surface area (Å²) in [7, 11) is 0. The summed E-state index contributed by atoms with van der Waals surface area (Å²) in [6.45, 7) is 7.54. The van der Waals surface area contributed by atoms with Crippen LogP contribution in [0.1, 0.15) is 20.8 Å². The third-order valence-electron chi connectivity index (χ3n) is 3.81. The van der Waals surface area contributed by atoms with Gasteiger partial charge in [0.2, 0.25) is 0 Å². The van der Waals surface area contributed by atoms with Gasteiger partial charge >= 0.3 is 0 Å². The molecule has 4 nitrogen and oxygen atoms in total. The first kappa shape index (κ1) is 18.3. The fourth-order valence-corrected chi connectivity index (χ4v) is 2.76. The van der Waals surface area contributed by atoms with Crippen molar-refractivity contribution in [1.29, 1.82) is 0 Å². The fourth-order valence-electron chi connectivity index (χ4n) is 2.38. The molecule has 0 radical (unpaired) electrons. The van der Waals surface area contributed by atoms with Crippen LogP contribution < -0.4 is 10.1 Å². The molecule has 0 bridgehead atoms. The summed E-state index contributed by atoms with van der Waals surface area (Å²) in [5.41, 5.74) is 0. The average molecular weight is 378 g/mol. The highest BCUT2D eigenvalue weighted by Gasteiger charge is 2.31. The van der Waals surface area contributed by atoms with Crippen molar-refractivity contribution in [2.24, 2.45) is 0 Å². The Hall–Kier alpha value is -0.780. The van der Waals surface area contributed by atoms with Gasteiger partial charge in [0.05, 0.1) is 4.47 Å². The van der Waals surface area contributed by atoms with E-state index in [0.717, 1.165) is 17.6 Å². The van der Waals surface area contributed by atoms with Crippen molar-refractivity contribution < 1.29 is 9.53 Å². The van der Waals surface area contributed by atoms with Crippen LogP contribution in [-0.4, -0.2) is 42.1 Å². The first-order valence-corrected chi connectivity index (χ1v) is 7.75. The minimum absolute atomic E-state index is 0. The van der Waals surface area contributed by atoms with Crippen molar-refractivity contribution in [2.75, 3.05) is 13.1 Å². The van der Waals surface area contributed by atoms with Crippen molar-refractivity contribution in [3.05, 3.63) is 28.7 Å². The van der Waals surface area contributed by atoms with Gasteiger partial charge in [-0.1, -0.05) is 12.1 Å². The van der Waals surface area contributed by atoms with Gasteiger partial charge in [-0.25, -0.2) is 0 Å². The van der Waals surface area contributed by atoms with E-state index in [1.807, 2.05) is 29.2 Å². The molecule has 3 atom stereocenters. The molecule has 0 spiro atoms. The summed E-state index contributed by atoms with van der Waals surface area (Å²) in [5, 5.41) is 3.37. The molecule has 0 saturated carbocycles. The molecule has 0 aromatic heterocycles. The number of carbonyl (C=O) groups is 1. The van der Waals surface area contributed by atoms with Gasteiger partial charge in [0.25, 0.3) is 5.91 Å². The van der Waals surface area contributed by atoms with E-state index >= 15 is 0 Å². The number of piperazine rings is 1. The maximum atomic E-state index is 12.5. The molecule has 1 N–H and O–H groups in total. The molecule has 1 saturated heterocycles. The molecule has 6 heteroatoms. The summed E-state index contributed by atoms with van der Waals surface area (Å²) >= 11 is 3.43. The SMILES string of the molecule is CC(Oc1ccccc1Br)C(=O)N1CCNC(C)C1C.Cl. The Kier molecular flexibility index (Phi) is 6.97. The van der Waals surface area contributed by atoms with Gasteiger partial charge in [0.1, 0.15) is 5.75 Å². The largest absolute Gasteiger partial charge is 0.480 e. The molecule has 118 valence electrons. The van der Waals surface area contributed by atoms with E-state index < -0.39 is 6.10 Å². The van der Waals surface area contributed by atoms with Gasteiger partial charge in [0.15, 0.2) is 6.10 Å². The third-order valence-corrected chi connectivity index (χ3v) is 4.46. The number of hydrogen-bond donors (Lipinski definition) is 1. The summed E-state index contributed by atoms with van der Waals surface area (Å²) in [5.74, 6) is 0.741. The van der Waals surface area contributed by atoms with Crippen LogP contribution in [-0.2, 0) is 4.79 Å². The minimum Gasteiger partial charge on any atom is -0.480 e. The number of ether oxygens (including phenoxy) is 1. The third kappa shape index (κ3) is 4.34. The topological polar surface area (TPSA) is 41.6 Å². The number of benzene rings is 1. The lowest BCUT2D eigenvalue weighted by molar-refractivity contribution is -0.141. The number of nitrogens with one attached hydrogen (secondary N) is 1. The Morgan fingerprint density at radius 1 is 1.43 bits per heavy atom. The Morgan fingerprint density at radius 3 is 2.76 bits per heavy atom. The second kappa shape index (κ2) is 8.01. The number of carbonyl (C=O) groups excluding carboxylic acids is 1. The summed E-state index contributed by atoms with van der Waals surface area (Å²) in [6, 6.07) is 8.07. The molecule has 1 amide bonds. The molecule has 21 heavy (non-hydrogen) atoms. The van der Waals surface area contributed by atoms with Crippen LogP contribution in [0.3, 0.4) is 0 Å². The van der Waals surface area contributed by atoms with Crippen LogP contribution in [0.15, 0.2) is 28.7 Å². The summed E-state index contributed by atoms with van der Waals surface area (Å²) in [4.78, 5) is 14.4. The first-order chi connectivity index (χ1) is 9.50. The van der Waals surface area contributed by atoms with Crippen LogP contribution in [0.25, 0.3) is 0 Å².